The van der Waals surface area contributed by atoms with Crippen LogP contribution in [0.3, 0.4) is 0 Å². The summed E-state index contributed by atoms with van der Waals surface area (Å²) in [4.78, 5) is 5.36. The van der Waals surface area contributed by atoms with Crippen molar-refractivity contribution in [2.24, 2.45) is 0 Å². The molecule has 0 aliphatic heterocycles. The van der Waals surface area contributed by atoms with Crippen LogP contribution in [0, 0.1) is 17.5 Å². The van der Waals surface area contributed by atoms with E-state index in [9.17, 15) is 13.2 Å². The van der Waals surface area contributed by atoms with Crippen LogP contribution in [0.1, 0.15) is 23.9 Å². The average Bonchev–Trinajstić information content (AvgIpc) is 2.80. The number of nitrogens with zero attached hydrogens (tertiary/aromatic N) is 1. The first-order valence-corrected chi connectivity index (χ1v) is 7.17. The van der Waals surface area contributed by atoms with Gasteiger partial charge in [0.1, 0.15) is 5.01 Å². The molecule has 0 atom stereocenters. The number of rotatable bonds is 5. The van der Waals surface area contributed by atoms with Gasteiger partial charge in [-0.3, -0.25) is 0 Å². The van der Waals surface area contributed by atoms with Gasteiger partial charge >= 0.3 is 0 Å². The van der Waals surface area contributed by atoms with Gasteiger partial charge in [0.05, 0.1) is 5.69 Å². The highest BCUT2D eigenvalue weighted by molar-refractivity contribution is 7.15. The van der Waals surface area contributed by atoms with Gasteiger partial charge in [0.15, 0.2) is 17.5 Å². The lowest BCUT2D eigenvalue weighted by Gasteiger charge is -2.00. The van der Waals surface area contributed by atoms with Gasteiger partial charge in [0, 0.05) is 17.0 Å². The molecule has 1 N–H and O–H groups in total. The van der Waals surface area contributed by atoms with E-state index in [4.69, 9.17) is 0 Å². The summed E-state index contributed by atoms with van der Waals surface area (Å²) in [5.74, 6) is -3.82. The van der Waals surface area contributed by atoms with E-state index in [1.165, 1.54) is 17.4 Å². The molecule has 20 heavy (non-hydrogen) atoms. The van der Waals surface area contributed by atoms with Crippen molar-refractivity contribution < 1.29 is 13.2 Å². The Labute approximate surface area is 119 Å². The van der Waals surface area contributed by atoms with Gasteiger partial charge in [0.25, 0.3) is 0 Å². The van der Waals surface area contributed by atoms with E-state index in [1.54, 1.807) is 0 Å². The normalized spacial score (nSPS) is 11.1. The summed E-state index contributed by atoms with van der Waals surface area (Å²) in [6, 6.07) is 2.15. The zero-order valence-electron chi connectivity index (χ0n) is 11.3. The molecular weight excluding hydrogens is 285 g/mol. The van der Waals surface area contributed by atoms with E-state index in [1.807, 2.05) is 14.0 Å². The summed E-state index contributed by atoms with van der Waals surface area (Å²) in [6.45, 7) is 2.65. The van der Waals surface area contributed by atoms with Crippen molar-refractivity contribution in [1.29, 1.82) is 0 Å². The fourth-order valence-electron chi connectivity index (χ4n) is 1.92. The van der Waals surface area contributed by atoms with Gasteiger partial charge in [-0.05, 0) is 25.6 Å². The number of aromatic nitrogens is 1. The van der Waals surface area contributed by atoms with Gasteiger partial charge in [0.2, 0.25) is 0 Å². The monoisotopic (exact) mass is 300 g/mol. The van der Waals surface area contributed by atoms with Crippen molar-refractivity contribution in [2.75, 3.05) is 7.05 Å². The summed E-state index contributed by atoms with van der Waals surface area (Å²) in [5.41, 5.74) is 0.889. The fourth-order valence-corrected chi connectivity index (χ4v) is 3.06. The van der Waals surface area contributed by atoms with Crippen LogP contribution < -0.4 is 5.32 Å². The summed E-state index contributed by atoms with van der Waals surface area (Å²) >= 11 is 1.30. The highest BCUT2D eigenvalue weighted by Crippen LogP contribution is 2.32. The molecule has 2 aromatic rings. The molecule has 0 spiro atoms. The molecule has 0 bridgehead atoms. The molecule has 0 saturated carbocycles. The zero-order valence-corrected chi connectivity index (χ0v) is 12.1. The van der Waals surface area contributed by atoms with Gasteiger partial charge in [-0.25, -0.2) is 18.2 Å². The van der Waals surface area contributed by atoms with Gasteiger partial charge in [-0.15, -0.1) is 11.3 Å². The van der Waals surface area contributed by atoms with Gasteiger partial charge in [-0.2, -0.15) is 0 Å². The summed E-state index contributed by atoms with van der Waals surface area (Å²) in [7, 11) is 1.81. The van der Waals surface area contributed by atoms with Crippen molar-refractivity contribution in [1.82, 2.24) is 10.3 Å². The Morgan fingerprint density at radius 2 is 1.95 bits per heavy atom. The molecule has 1 heterocycles. The zero-order chi connectivity index (χ0) is 14.7. The van der Waals surface area contributed by atoms with Crippen molar-refractivity contribution in [3.05, 3.63) is 40.2 Å². The molecule has 0 fully saturated rings. The molecule has 0 radical (unpaired) electrons. The predicted molar refractivity (Wildman–Crippen MR) is 74.2 cm³/mol. The molecule has 0 aliphatic carbocycles. The van der Waals surface area contributed by atoms with E-state index in [0.29, 0.717) is 11.6 Å². The third-order valence-electron chi connectivity index (χ3n) is 2.87. The Balaban J connectivity index is 2.47. The van der Waals surface area contributed by atoms with E-state index in [0.717, 1.165) is 29.5 Å². The largest absolute Gasteiger partial charge is 0.315 e. The van der Waals surface area contributed by atoms with Crippen molar-refractivity contribution in [2.45, 2.75) is 26.3 Å². The maximum Gasteiger partial charge on any atom is 0.195 e. The van der Waals surface area contributed by atoms with E-state index in [2.05, 4.69) is 10.3 Å². The number of aryl methyl sites for hydroxylation is 1. The Morgan fingerprint density at radius 3 is 2.60 bits per heavy atom. The number of hydrogen-bond donors (Lipinski definition) is 1. The minimum absolute atomic E-state index is 0.00797. The van der Waals surface area contributed by atoms with E-state index < -0.39 is 17.5 Å². The summed E-state index contributed by atoms with van der Waals surface area (Å²) < 4.78 is 40.1. The number of thiazole rings is 1. The van der Waals surface area contributed by atoms with Gasteiger partial charge in [-0.1, -0.05) is 13.3 Å². The second-order valence-corrected chi connectivity index (χ2v) is 5.48. The smallest absolute Gasteiger partial charge is 0.195 e. The first-order valence-electron chi connectivity index (χ1n) is 6.35. The molecule has 6 heteroatoms. The Hall–Kier alpha value is -1.40. The minimum Gasteiger partial charge on any atom is -0.315 e. The average molecular weight is 300 g/mol. The van der Waals surface area contributed by atoms with Crippen LogP contribution in [0.25, 0.3) is 10.6 Å². The summed E-state index contributed by atoms with van der Waals surface area (Å²) in [5, 5.41) is 3.41. The van der Waals surface area contributed by atoms with Crippen LogP contribution >= 0.6 is 11.3 Å². The highest BCUT2D eigenvalue weighted by Gasteiger charge is 2.19. The minimum atomic E-state index is -1.45. The second kappa shape index (κ2) is 6.37. The van der Waals surface area contributed by atoms with Crippen LogP contribution in [-0.2, 0) is 13.0 Å². The second-order valence-electron chi connectivity index (χ2n) is 4.39. The molecule has 108 valence electrons. The molecule has 0 unspecified atom stereocenters. The topological polar surface area (TPSA) is 24.9 Å². The molecule has 2 rings (SSSR count). The maximum absolute atomic E-state index is 13.8. The fraction of sp³-hybridized carbons (Fsp3) is 0.357. The van der Waals surface area contributed by atoms with Crippen LogP contribution in [0.2, 0.25) is 0 Å². The lowest BCUT2D eigenvalue weighted by molar-refractivity contribution is 0.449. The number of halogens is 3. The summed E-state index contributed by atoms with van der Waals surface area (Å²) in [6.07, 6.45) is 1.69. The Bertz CT molecular complexity index is 587. The molecule has 0 saturated heterocycles. The van der Waals surface area contributed by atoms with Gasteiger partial charge < -0.3 is 5.32 Å². The van der Waals surface area contributed by atoms with Crippen LogP contribution in [0.5, 0.6) is 0 Å². The Kier molecular flexibility index (Phi) is 4.77. The van der Waals surface area contributed by atoms with Crippen LogP contribution in [0.4, 0.5) is 13.2 Å². The van der Waals surface area contributed by atoms with E-state index in [-0.39, 0.29) is 5.56 Å². The van der Waals surface area contributed by atoms with Crippen molar-refractivity contribution in [3.63, 3.8) is 0 Å². The molecule has 1 aromatic carbocycles. The van der Waals surface area contributed by atoms with Crippen molar-refractivity contribution >= 4 is 11.3 Å². The molecule has 0 amide bonds. The predicted octanol–water partition coefficient (Wildman–Crippen LogP) is 3.90. The Morgan fingerprint density at radius 1 is 1.20 bits per heavy atom. The molecular formula is C14H15F3N2S. The first-order chi connectivity index (χ1) is 9.58. The van der Waals surface area contributed by atoms with Crippen LogP contribution in [0.15, 0.2) is 12.1 Å². The SMILES string of the molecule is CCCc1nc(-c2ccc(F)c(F)c2F)sc1CNC. The highest BCUT2D eigenvalue weighted by atomic mass is 32.1. The third kappa shape index (κ3) is 2.86. The molecule has 2 nitrogen and oxygen atoms in total. The third-order valence-corrected chi connectivity index (χ3v) is 4.00. The number of hydrogen-bond acceptors (Lipinski definition) is 3. The quantitative estimate of drug-likeness (QED) is 0.847. The number of benzene rings is 1. The standard InChI is InChI=1S/C14H15F3N2S/c1-3-4-10-11(7-18-2)20-14(19-10)8-5-6-9(15)13(17)12(8)16/h5-6,18H,3-4,7H2,1-2H3. The first kappa shape index (κ1) is 15.0. The lowest BCUT2D eigenvalue weighted by Crippen LogP contribution is -2.05. The molecule has 1 aromatic heterocycles. The number of nitrogens with one attached hydrogen (secondary N) is 1. The lowest BCUT2D eigenvalue weighted by atomic mass is 10.2. The van der Waals surface area contributed by atoms with E-state index >= 15 is 0 Å². The maximum atomic E-state index is 13.8. The molecule has 0 aliphatic rings. The van der Waals surface area contributed by atoms with Crippen LogP contribution in [-0.4, -0.2) is 12.0 Å². The van der Waals surface area contributed by atoms with Crippen molar-refractivity contribution in [3.8, 4) is 10.6 Å².